The van der Waals surface area contributed by atoms with Crippen LogP contribution in [0.25, 0.3) is 5.82 Å². The van der Waals surface area contributed by atoms with Gasteiger partial charge in [0.1, 0.15) is 12.1 Å². The first kappa shape index (κ1) is 29.8. The number of Topliss-reactive ketones (excluding diaryl/α,β-unsaturated/α-hetero) is 1. The first-order valence-electron chi connectivity index (χ1n) is 15.1. The second kappa shape index (κ2) is 12.0. The minimum Gasteiger partial charge on any atom is -0.369 e. The first-order chi connectivity index (χ1) is 21.1. The van der Waals surface area contributed by atoms with Crippen LogP contribution in [0.2, 0.25) is 0 Å². The number of nitrogens with zero attached hydrogens (tertiary/aromatic N) is 6. The fourth-order valence-corrected chi connectivity index (χ4v) is 5.70. The molecule has 0 spiro atoms. The monoisotopic (exact) mass is 603 g/mol. The number of carbonyl (C=O) groups excluding carboxylic acids is 1. The minimum atomic E-state index is -4.55. The zero-order chi connectivity index (χ0) is 31.0. The van der Waals surface area contributed by atoms with Crippen LogP contribution in [0.4, 0.5) is 30.4 Å². The summed E-state index contributed by atoms with van der Waals surface area (Å²) in [6.45, 7) is 8.78. The lowest BCUT2D eigenvalue weighted by Gasteiger charge is -2.36. The largest absolute Gasteiger partial charge is 0.416 e. The van der Waals surface area contributed by atoms with E-state index in [4.69, 9.17) is 0 Å². The summed E-state index contributed by atoms with van der Waals surface area (Å²) in [5, 5.41) is 8.01. The quantitative estimate of drug-likeness (QED) is 0.225. The molecule has 0 atom stereocenters. The second-order valence-electron chi connectivity index (χ2n) is 11.7. The Bertz CT molecular complexity index is 1670. The van der Waals surface area contributed by atoms with Crippen molar-refractivity contribution in [2.24, 2.45) is 0 Å². The lowest BCUT2D eigenvalue weighted by Crippen LogP contribution is -2.47. The Morgan fingerprint density at radius 1 is 0.977 bits per heavy atom. The topological polar surface area (TPSA) is 79.2 Å². The molecule has 0 bridgehead atoms. The van der Waals surface area contributed by atoms with Crippen molar-refractivity contribution in [1.82, 2.24) is 24.6 Å². The van der Waals surface area contributed by atoms with Crippen molar-refractivity contribution in [3.63, 3.8) is 0 Å². The van der Waals surface area contributed by atoms with Crippen molar-refractivity contribution in [2.45, 2.75) is 58.7 Å². The van der Waals surface area contributed by atoms with Crippen LogP contribution >= 0.6 is 0 Å². The van der Waals surface area contributed by atoms with Crippen molar-refractivity contribution < 1.29 is 18.0 Å². The normalized spacial score (nSPS) is 15.9. The number of nitrogens with one attached hydrogen (secondary N) is 1. The van der Waals surface area contributed by atoms with Gasteiger partial charge in [-0.05, 0) is 68.5 Å². The molecule has 44 heavy (non-hydrogen) atoms. The Hall–Kier alpha value is -4.25. The Labute approximate surface area is 254 Å². The highest BCUT2D eigenvalue weighted by Gasteiger charge is 2.34. The average molecular weight is 604 g/mol. The van der Waals surface area contributed by atoms with E-state index in [1.54, 1.807) is 10.7 Å². The van der Waals surface area contributed by atoms with Crippen molar-refractivity contribution in [3.8, 4) is 5.82 Å². The van der Waals surface area contributed by atoms with Gasteiger partial charge in [-0.25, -0.2) is 9.97 Å². The molecule has 2 fully saturated rings. The summed E-state index contributed by atoms with van der Waals surface area (Å²) in [5.74, 6) is 0.961. The maximum absolute atomic E-state index is 13.9. The van der Waals surface area contributed by atoms with Gasteiger partial charge in [-0.15, -0.1) is 0 Å². The number of halogens is 3. The molecule has 2 aliphatic rings. The van der Waals surface area contributed by atoms with E-state index < -0.39 is 11.7 Å². The Morgan fingerprint density at radius 3 is 2.45 bits per heavy atom. The van der Waals surface area contributed by atoms with E-state index in [1.807, 2.05) is 56.0 Å². The zero-order valence-electron chi connectivity index (χ0n) is 25.2. The number of hydrogen-bond donors (Lipinski definition) is 1. The second-order valence-corrected chi connectivity index (χ2v) is 11.7. The predicted molar refractivity (Wildman–Crippen MR) is 164 cm³/mol. The summed E-state index contributed by atoms with van der Waals surface area (Å²) in [5.41, 5.74) is 3.80. The Balaban J connectivity index is 1.23. The molecule has 8 nitrogen and oxygen atoms in total. The van der Waals surface area contributed by atoms with Crippen molar-refractivity contribution in [2.75, 3.05) is 36.4 Å². The Kier molecular flexibility index (Phi) is 8.15. The molecule has 1 aliphatic heterocycles. The number of aryl methyl sites for hydroxylation is 3. The number of aromatic nitrogens is 4. The molecule has 1 aliphatic carbocycles. The highest BCUT2D eigenvalue weighted by atomic mass is 19.4. The first-order valence-corrected chi connectivity index (χ1v) is 15.1. The fraction of sp³-hybridized carbons (Fsp3) is 0.394. The molecule has 0 amide bonds. The minimum absolute atomic E-state index is 0.0325. The third kappa shape index (κ3) is 6.62. The van der Waals surface area contributed by atoms with Gasteiger partial charge in [0.25, 0.3) is 0 Å². The third-order valence-corrected chi connectivity index (χ3v) is 8.36. The van der Waals surface area contributed by atoms with Crippen LogP contribution in [0.3, 0.4) is 0 Å². The molecule has 0 unspecified atom stereocenters. The SMILES string of the molecule is CCc1cc(-n2nc(C)cc2Nc2cc(CC(=O)c3cc(N4CCN(C5CC5)CC4)cc(C(F)(F)F)c3)ccc2C)ncn1. The predicted octanol–water partition coefficient (Wildman–Crippen LogP) is 6.31. The molecule has 11 heteroatoms. The van der Waals surface area contributed by atoms with Crippen LogP contribution in [-0.4, -0.2) is 62.7 Å². The molecule has 0 radical (unpaired) electrons. The molecule has 2 aromatic heterocycles. The molecule has 4 aromatic rings. The van der Waals surface area contributed by atoms with Gasteiger partial charge in [-0.1, -0.05) is 19.1 Å². The van der Waals surface area contributed by atoms with Crippen LogP contribution in [0, 0.1) is 13.8 Å². The van der Waals surface area contributed by atoms with Gasteiger partial charge in [-0.3, -0.25) is 9.69 Å². The van der Waals surface area contributed by atoms with E-state index in [1.165, 1.54) is 25.2 Å². The van der Waals surface area contributed by atoms with Gasteiger partial charge in [0.05, 0.1) is 11.3 Å². The standard InChI is InChI=1S/C33H36F3N7O/c1-4-26-19-31(38-20-37-26)43-32(13-22(3)40-43)39-29-14-23(6-5-21(29)2)15-30(44)24-16-25(33(34,35)36)18-28(17-24)42-11-9-41(10-12-42)27-7-8-27/h5-6,13-14,16-20,27,39H,4,7-12,15H2,1-3H3. The summed E-state index contributed by atoms with van der Waals surface area (Å²) >= 11 is 0. The summed E-state index contributed by atoms with van der Waals surface area (Å²) in [4.78, 5) is 26.5. The van der Waals surface area contributed by atoms with E-state index in [9.17, 15) is 18.0 Å². The average Bonchev–Trinajstić information content (AvgIpc) is 3.80. The number of ketones is 1. The van der Waals surface area contributed by atoms with Crippen LogP contribution < -0.4 is 10.2 Å². The molecule has 1 saturated carbocycles. The molecular formula is C33H36F3N7O. The van der Waals surface area contributed by atoms with Gasteiger partial charge in [0.2, 0.25) is 0 Å². The van der Waals surface area contributed by atoms with Gasteiger partial charge in [0.15, 0.2) is 11.6 Å². The maximum atomic E-state index is 13.9. The number of benzene rings is 2. The van der Waals surface area contributed by atoms with Crippen LogP contribution in [0.5, 0.6) is 0 Å². The number of hydrogen-bond acceptors (Lipinski definition) is 7. The lowest BCUT2D eigenvalue weighted by molar-refractivity contribution is -0.137. The van der Waals surface area contributed by atoms with Gasteiger partial charge in [0, 0.05) is 73.4 Å². The highest BCUT2D eigenvalue weighted by molar-refractivity contribution is 5.98. The van der Waals surface area contributed by atoms with Gasteiger partial charge >= 0.3 is 6.18 Å². The van der Waals surface area contributed by atoms with Crippen molar-refractivity contribution in [1.29, 1.82) is 0 Å². The zero-order valence-corrected chi connectivity index (χ0v) is 25.2. The summed E-state index contributed by atoms with van der Waals surface area (Å²) in [7, 11) is 0. The van der Waals surface area contributed by atoms with E-state index in [2.05, 4.69) is 25.3 Å². The maximum Gasteiger partial charge on any atom is 0.416 e. The van der Waals surface area contributed by atoms with E-state index in [-0.39, 0.29) is 17.8 Å². The number of anilines is 3. The molecule has 1 saturated heterocycles. The fourth-order valence-electron chi connectivity index (χ4n) is 5.70. The summed E-state index contributed by atoms with van der Waals surface area (Å²) < 4.78 is 43.5. The number of piperazine rings is 1. The molecular weight excluding hydrogens is 567 g/mol. The van der Waals surface area contributed by atoms with Crippen molar-refractivity contribution >= 4 is 23.0 Å². The number of rotatable bonds is 9. The third-order valence-electron chi connectivity index (χ3n) is 8.36. The van der Waals surface area contributed by atoms with Gasteiger partial charge in [-0.2, -0.15) is 23.0 Å². The van der Waals surface area contributed by atoms with Crippen LogP contribution in [-0.2, 0) is 19.0 Å². The number of carbonyl (C=O) groups is 1. The lowest BCUT2D eigenvalue weighted by atomic mass is 9.98. The summed E-state index contributed by atoms with van der Waals surface area (Å²) in [6, 6.07) is 13.8. The molecule has 6 rings (SSSR count). The van der Waals surface area contributed by atoms with E-state index in [0.717, 1.165) is 48.2 Å². The molecule has 1 N–H and O–H groups in total. The molecule has 2 aromatic carbocycles. The van der Waals surface area contributed by atoms with E-state index >= 15 is 0 Å². The highest BCUT2D eigenvalue weighted by Crippen LogP contribution is 2.35. The van der Waals surface area contributed by atoms with Crippen LogP contribution in [0.15, 0.2) is 54.9 Å². The Morgan fingerprint density at radius 2 is 1.75 bits per heavy atom. The smallest absolute Gasteiger partial charge is 0.369 e. The molecule has 3 heterocycles. The molecule has 230 valence electrons. The van der Waals surface area contributed by atoms with E-state index in [0.29, 0.717) is 42.0 Å². The summed E-state index contributed by atoms with van der Waals surface area (Å²) in [6.07, 6.45) is 0.0878. The number of alkyl halides is 3. The van der Waals surface area contributed by atoms with Crippen molar-refractivity contribution in [3.05, 3.63) is 88.5 Å². The van der Waals surface area contributed by atoms with Gasteiger partial charge < -0.3 is 10.2 Å². The van der Waals surface area contributed by atoms with Crippen LogP contribution in [0.1, 0.15) is 58.2 Å².